The van der Waals surface area contributed by atoms with E-state index in [0.717, 1.165) is 25.3 Å². The predicted octanol–water partition coefficient (Wildman–Crippen LogP) is 3.77. The van der Waals surface area contributed by atoms with Crippen molar-refractivity contribution in [3.8, 4) is 0 Å². The number of alkyl halides is 3. The number of hydrogen-bond donors (Lipinski definition) is 2. The summed E-state index contributed by atoms with van der Waals surface area (Å²) in [5, 5.41) is 5.54. The number of carbonyl (C=O) groups excluding carboxylic acids is 1. The molecular weight excluding hydrogens is 269 g/mol. The van der Waals surface area contributed by atoms with Crippen LogP contribution in [0.4, 0.5) is 24.5 Å². The van der Waals surface area contributed by atoms with E-state index in [2.05, 4.69) is 10.6 Å². The lowest BCUT2D eigenvalue weighted by Gasteiger charge is -2.41. The molecule has 1 spiro atoms. The fraction of sp³-hybridized carbons (Fsp3) is 0.500. The molecule has 0 radical (unpaired) electrons. The minimum atomic E-state index is -4.47. The van der Waals surface area contributed by atoms with Crippen LogP contribution < -0.4 is 10.6 Å². The Morgan fingerprint density at radius 2 is 1.80 bits per heavy atom. The van der Waals surface area contributed by atoms with Gasteiger partial charge in [0.1, 0.15) is 5.54 Å². The lowest BCUT2D eigenvalue weighted by molar-refractivity contribution is -0.137. The van der Waals surface area contributed by atoms with E-state index in [9.17, 15) is 18.0 Å². The number of rotatable bonds is 0. The van der Waals surface area contributed by atoms with Crippen molar-refractivity contribution in [3.63, 3.8) is 0 Å². The van der Waals surface area contributed by atoms with Gasteiger partial charge in [-0.15, -0.1) is 0 Å². The zero-order valence-electron chi connectivity index (χ0n) is 10.8. The number of halogens is 3. The number of nitrogens with one attached hydrogen (secondary N) is 2. The monoisotopic (exact) mass is 284 g/mol. The van der Waals surface area contributed by atoms with Gasteiger partial charge in [-0.3, -0.25) is 4.79 Å². The predicted molar refractivity (Wildman–Crippen MR) is 69.5 cm³/mol. The van der Waals surface area contributed by atoms with Gasteiger partial charge in [-0.05, 0) is 25.0 Å². The molecular formula is C14H15F3N2O. The minimum absolute atomic E-state index is 0.152. The first-order chi connectivity index (χ1) is 9.42. The Morgan fingerprint density at radius 1 is 1.10 bits per heavy atom. The zero-order valence-corrected chi connectivity index (χ0v) is 10.8. The summed E-state index contributed by atoms with van der Waals surface area (Å²) in [6, 6.07) is 3.93. The van der Waals surface area contributed by atoms with Crippen molar-refractivity contribution in [2.75, 3.05) is 10.6 Å². The molecule has 6 heteroatoms. The Balaban J connectivity index is 2.03. The zero-order chi connectivity index (χ0) is 14.4. The van der Waals surface area contributed by atoms with Gasteiger partial charge in [-0.25, -0.2) is 0 Å². The molecule has 1 aliphatic carbocycles. The molecule has 1 fully saturated rings. The molecule has 0 atom stereocenters. The Morgan fingerprint density at radius 3 is 2.45 bits per heavy atom. The number of para-hydroxylation sites is 1. The second kappa shape index (κ2) is 4.40. The Labute approximate surface area is 114 Å². The van der Waals surface area contributed by atoms with Crippen LogP contribution in [-0.4, -0.2) is 11.4 Å². The van der Waals surface area contributed by atoms with Gasteiger partial charge in [0, 0.05) is 0 Å². The van der Waals surface area contributed by atoms with Crippen molar-refractivity contribution in [1.29, 1.82) is 0 Å². The molecule has 3 rings (SSSR count). The van der Waals surface area contributed by atoms with Gasteiger partial charge in [0.2, 0.25) is 5.91 Å². The lowest BCUT2D eigenvalue weighted by Crippen LogP contribution is -2.53. The number of fused-ring (bicyclic) bond motifs is 1. The average molecular weight is 284 g/mol. The Bertz CT molecular complexity index is 548. The van der Waals surface area contributed by atoms with Crippen molar-refractivity contribution < 1.29 is 18.0 Å². The molecule has 20 heavy (non-hydrogen) atoms. The quantitative estimate of drug-likeness (QED) is 0.761. The van der Waals surface area contributed by atoms with Gasteiger partial charge in [0.05, 0.1) is 16.9 Å². The maximum atomic E-state index is 13.0. The molecule has 0 saturated heterocycles. The maximum Gasteiger partial charge on any atom is 0.418 e. The SMILES string of the molecule is O=C1Nc2c(cccc2C(F)(F)F)NC12CCCCC2. The summed E-state index contributed by atoms with van der Waals surface area (Å²) in [6.45, 7) is 0. The third-order valence-electron chi connectivity index (χ3n) is 4.12. The summed E-state index contributed by atoms with van der Waals surface area (Å²) in [6.07, 6.45) is -0.268. The van der Waals surface area contributed by atoms with Crippen LogP contribution in [0.2, 0.25) is 0 Å². The van der Waals surface area contributed by atoms with E-state index < -0.39 is 17.3 Å². The highest BCUT2D eigenvalue weighted by Crippen LogP contribution is 2.44. The van der Waals surface area contributed by atoms with Crippen LogP contribution in [-0.2, 0) is 11.0 Å². The maximum absolute atomic E-state index is 13.0. The highest BCUT2D eigenvalue weighted by atomic mass is 19.4. The van der Waals surface area contributed by atoms with Gasteiger partial charge in [0.25, 0.3) is 0 Å². The Hall–Kier alpha value is -1.72. The minimum Gasteiger partial charge on any atom is -0.370 e. The molecule has 1 amide bonds. The van der Waals surface area contributed by atoms with Crippen LogP contribution in [0.25, 0.3) is 0 Å². The molecule has 1 saturated carbocycles. The summed E-state index contributed by atoms with van der Waals surface area (Å²) in [5.41, 5.74) is -1.33. The van der Waals surface area contributed by atoms with Gasteiger partial charge in [0.15, 0.2) is 0 Å². The fourth-order valence-electron chi connectivity index (χ4n) is 3.08. The van der Waals surface area contributed by atoms with Crippen molar-refractivity contribution in [3.05, 3.63) is 23.8 Å². The third-order valence-corrected chi connectivity index (χ3v) is 4.12. The number of anilines is 2. The number of carbonyl (C=O) groups is 1. The third kappa shape index (κ3) is 2.03. The molecule has 1 aromatic rings. The largest absolute Gasteiger partial charge is 0.418 e. The van der Waals surface area contributed by atoms with E-state index in [-0.39, 0.29) is 11.6 Å². The standard InChI is InChI=1S/C14H15F3N2O/c15-14(16,17)9-5-4-6-10-11(9)18-12(20)13(19-10)7-2-1-3-8-13/h4-6,19H,1-3,7-8H2,(H,18,20). The second-order valence-electron chi connectivity index (χ2n) is 5.45. The van der Waals surface area contributed by atoms with Crippen molar-refractivity contribution in [1.82, 2.24) is 0 Å². The molecule has 108 valence electrons. The topological polar surface area (TPSA) is 41.1 Å². The van der Waals surface area contributed by atoms with Crippen LogP contribution >= 0.6 is 0 Å². The van der Waals surface area contributed by atoms with Crippen molar-refractivity contribution >= 4 is 17.3 Å². The van der Waals surface area contributed by atoms with Gasteiger partial charge < -0.3 is 10.6 Å². The first kappa shape index (κ1) is 13.3. The fourth-order valence-corrected chi connectivity index (χ4v) is 3.08. The van der Waals surface area contributed by atoms with Crippen LogP contribution in [0.5, 0.6) is 0 Å². The molecule has 3 nitrogen and oxygen atoms in total. The van der Waals surface area contributed by atoms with Gasteiger partial charge >= 0.3 is 6.18 Å². The van der Waals surface area contributed by atoms with E-state index in [1.165, 1.54) is 6.07 Å². The Kier molecular flexibility index (Phi) is 2.92. The van der Waals surface area contributed by atoms with E-state index >= 15 is 0 Å². The van der Waals surface area contributed by atoms with Crippen LogP contribution in [0.3, 0.4) is 0 Å². The summed E-state index contributed by atoms with van der Waals surface area (Å²) in [4.78, 5) is 12.3. The normalized spacial score (nSPS) is 21.1. The first-order valence-corrected chi connectivity index (χ1v) is 6.72. The van der Waals surface area contributed by atoms with Crippen LogP contribution in [0, 0.1) is 0 Å². The molecule has 1 aromatic carbocycles. The first-order valence-electron chi connectivity index (χ1n) is 6.72. The average Bonchev–Trinajstić information content (AvgIpc) is 2.39. The van der Waals surface area contributed by atoms with Crippen molar-refractivity contribution in [2.24, 2.45) is 0 Å². The molecule has 0 bridgehead atoms. The number of benzene rings is 1. The van der Waals surface area contributed by atoms with Crippen molar-refractivity contribution in [2.45, 2.75) is 43.8 Å². The summed E-state index contributed by atoms with van der Waals surface area (Å²) < 4.78 is 38.9. The highest BCUT2D eigenvalue weighted by Gasteiger charge is 2.45. The summed E-state index contributed by atoms with van der Waals surface area (Å²) in [7, 11) is 0. The molecule has 1 heterocycles. The highest BCUT2D eigenvalue weighted by molar-refractivity contribution is 6.07. The van der Waals surface area contributed by atoms with Gasteiger partial charge in [-0.2, -0.15) is 13.2 Å². The van der Waals surface area contributed by atoms with E-state index in [0.29, 0.717) is 18.5 Å². The molecule has 1 aliphatic heterocycles. The second-order valence-corrected chi connectivity index (χ2v) is 5.45. The molecule has 2 N–H and O–H groups in total. The van der Waals surface area contributed by atoms with E-state index in [4.69, 9.17) is 0 Å². The lowest BCUT2D eigenvalue weighted by atomic mass is 9.79. The smallest absolute Gasteiger partial charge is 0.370 e. The number of amides is 1. The van der Waals surface area contributed by atoms with Crippen LogP contribution in [0.1, 0.15) is 37.7 Å². The van der Waals surface area contributed by atoms with Crippen LogP contribution in [0.15, 0.2) is 18.2 Å². The van der Waals surface area contributed by atoms with E-state index in [1.807, 2.05) is 0 Å². The van der Waals surface area contributed by atoms with Gasteiger partial charge in [-0.1, -0.05) is 25.3 Å². The van der Waals surface area contributed by atoms with E-state index in [1.54, 1.807) is 6.07 Å². The summed E-state index contributed by atoms with van der Waals surface area (Å²) >= 11 is 0. The summed E-state index contributed by atoms with van der Waals surface area (Å²) in [5.74, 6) is -0.346. The molecule has 0 aromatic heterocycles. The molecule has 2 aliphatic rings. The number of hydrogen-bond acceptors (Lipinski definition) is 2. The molecule has 0 unspecified atom stereocenters.